The summed E-state index contributed by atoms with van der Waals surface area (Å²) in [6, 6.07) is 0. The molecule has 20 heavy (non-hydrogen) atoms. The molecule has 1 rings (SSSR count). The maximum atomic E-state index is 12.0. The van der Waals surface area contributed by atoms with Crippen molar-refractivity contribution in [2.75, 3.05) is 26.1 Å². The number of nitrogens with zero attached hydrogens (tertiary/aromatic N) is 1. The van der Waals surface area contributed by atoms with E-state index < -0.39 is 5.60 Å². The third-order valence-corrected chi connectivity index (χ3v) is 3.54. The first-order valence-corrected chi connectivity index (χ1v) is 7.44. The van der Waals surface area contributed by atoms with Crippen LogP contribution >= 0.6 is 0 Å². The summed E-state index contributed by atoms with van der Waals surface area (Å²) in [5.41, 5.74) is -0.243. The van der Waals surface area contributed by atoms with Crippen molar-refractivity contribution in [2.45, 2.75) is 52.6 Å². The molecular weight excluding hydrogens is 255 g/mol. The predicted octanol–water partition coefficient (Wildman–Crippen LogP) is 2.01. The Kier molecular flexibility index (Phi) is 6.18. The molecule has 0 aromatic heterocycles. The SMILES string of the molecule is CCCC1(CCNCB=O)CN(C(=O)OC(C)(C)C)C1. The van der Waals surface area contributed by atoms with Gasteiger partial charge in [-0.2, -0.15) is 0 Å². The minimum absolute atomic E-state index is 0.196. The fourth-order valence-electron chi connectivity index (χ4n) is 2.71. The van der Waals surface area contributed by atoms with Crippen LogP contribution in [0.1, 0.15) is 47.0 Å². The van der Waals surface area contributed by atoms with Crippen LogP contribution in [0.15, 0.2) is 0 Å². The number of carbonyl (C=O) groups is 1. The van der Waals surface area contributed by atoms with Crippen LogP contribution in [0.5, 0.6) is 0 Å². The molecule has 0 atom stereocenters. The van der Waals surface area contributed by atoms with Crippen molar-refractivity contribution in [3.63, 3.8) is 0 Å². The zero-order chi connectivity index (χ0) is 15.2. The average Bonchev–Trinajstić information content (AvgIpc) is 2.28. The van der Waals surface area contributed by atoms with Gasteiger partial charge in [0.2, 0.25) is 0 Å². The van der Waals surface area contributed by atoms with Gasteiger partial charge in [0.15, 0.2) is 0 Å². The zero-order valence-corrected chi connectivity index (χ0v) is 13.2. The molecule has 0 unspecified atom stereocenters. The number of rotatable bonds is 7. The van der Waals surface area contributed by atoms with Gasteiger partial charge in [-0.3, -0.25) is 0 Å². The summed E-state index contributed by atoms with van der Waals surface area (Å²) in [6.45, 7) is 10.2. The van der Waals surface area contributed by atoms with Crippen molar-refractivity contribution in [3.8, 4) is 0 Å². The number of hydrogen-bond acceptors (Lipinski definition) is 4. The van der Waals surface area contributed by atoms with Gasteiger partial charge in [0.25, 0.3) is 0 Å². The Morgan fingerprint density at radius 3 is 2.50 bits per heavy atom. The third-order valence-electron chi connectivity index (χ3n) is 3.54. The first-order chi connectivity index (χ1) is 9.32. The van der Waals surface area contributed by atoms with Gasteiger partial charge in [-0.1, -0.05) is 0 Å². The van der Waals surface area contributed by atoms with Gasteiger partial charge in [-0.25, -0.2) is 0 Å². The second kappa shape index (κ2) is 7.20. The van der Waals surface area contributed by atoms with E-state index in [2.05, 4.69) is 12.2 Å². The molecule has 0 aromatic carbocycles. The van der Waals surface area contributed by atoms with Gasteiger partial charge >= 0.3 is 122 Å². The molecule has 0 spiro atoms. The molecule has 1 amide bonds. The van der Waals surface area contributed by atoms with Crippen LogP contribution in [-0.4, -0.2) is 49.8 Å². The van der Waals surface area contributed by atoms with E-state index in [1.54, 1.807) is 4.90 Å². The van der Waals surface area contributed by atoms with Crippen molar-refractivity contribution < 1.29 is 14.2 Å². The third kappa shape index (κ3) is 5.23. The van der Waals surface area contributed by atoms with E-state index in [0.717, 1.165) is 46.0 Å². The zero-order valence-electron chi connectivity index (χ0n) is 13.2. The summed E-state index contributed by atoms with van der Waals surface area (Å²) in [4.78, 5) is 13.7. The topological polar surface area (TPSA) is 58.6 Å². The molecule has 5 nitrogen and oxygen atoms in total. The van der Waals surface area contributed by atoms with Gasteiger partial charge in [-0.05, 0) is 0 Å². The average molecular weight is 282 g/mol. The van der Waals surface area contributed by atoms with Crippen molar-refractivity contribution in [1.29, 1.82) is 0 Å². The maximum absolute atomic E-state index is 12.0. The fraction of sp³-hybridized carbons (Fsp3) is 0.929. The van der Waals surface area contributed by atoms with Crippen LogP contribution < -0.4 is 5.32 Å². The Morgan fingerprint density at radius 1 is 1.35 bits per heavy atom. The Hall–Kier alpha value is -0.905. The standard InChI is InChI=1S/C14H27BN2O3/c1-5-6-14(7-8-16-11-15-19)9-17(10-14)12(18)20-13(2,3)4/h16H,5-11H2,1-4H3. The molecule has 6 heteroatoms. The summed E-state index contributed by atoms with van der Waals surface area (Å²) in [6.07, 6.45) is 3.39. The van der Waals surface area contributed by atoms with Gasteiger partial charge in [-0.15, -0.1) is 0 Å². The molecule has 114 valence electrons. The van der Waals surface area contributed by atoms with Crippen molar-refractivity contribution in [2.24, 2.45) is 5.41 Å². The summed E-state index contributed by atoms with van der Waals surface area (Å²) in [5, 5.41) is 3.10. The van der Waals surface area contributed by atoms with Gasteiger partial charge in [0, 0.05) is 0 Å². The van der Waals surface area contributed by atoms with Gasteiger partial charge in [0.1, 0.15) is 0 Å². The van der Waals surface area contributed by atoms with E-state index >= 15 is 0 Å². The normalized spacial score (nSPS) is 17.3. The predicted molar refractivity (Wildman–Crippen MR) is 79.1 cm³/mol. The van der Waals surface area contributed by atoms with E-state index in [0.29, 0.717) is 6.44 Å². The van der Waals surface area contributed by atoms with Crippen LogP contribution in [0.4, 0.5) is 4.79 Å². The van der Waals surface area contributed by atoms with Crippen LogP contribution in [0.25, 0.3) is 0 Å². The fourth-order valence-corrected chi connectivity index (χ4v) is 2.71. The molecule has 1 heterocycles. The molecule has 1 aliphatic rings. The summed E-state index contributed by atoms with van der Waals surface area (Å²) < 4.78 is 15.7. The van der Waals surface area contributed by atoms with E-state index in [4.69, 9.17) is 4.74 Å². The number of carbonyl (C=O) groups excluding carboxylic acids is 1. The molecule has 1 aliphatic heterocycles. The number of hydrogen-bond donors (Lipinski definition) is 1. The Balaban J connectivity index is 2.41. The van der Waals surface area contributed by atoms with Crippen molar-refractivity contribution in [1.82, 2.24) is 10.2 Å². The first-order valence-electron chi connectivity index (χ1n) is 7.44. The molecule has 0 saturated carbocycles. The summed E-state index contributed by atoms with van der Waals surface area (Å²) >= 11 is 0. The number of amides is 1. The Bertz CT molecular complexity index is 336. The second-order valence-corrected chi connectivity index (χ2v) is 6.71. The second-order valence-electron chi connectivity index (χ2n) is 6.71. The number of likely N-dealkylation sites (tertiary alicyclic amines) is 1. The molecule has 1 saturated heterocycles. The number of ether oxygens (including phenoxy) is 1. The van der Waals surface area contributed by atoms with E-state index in [-0.39, 0.29) is 11.5 Å². The van der Waals surface area contributed by atoms with Crippen molar-refractivity contribution >= 4 is 13.2 Å². The van der Waals surface area contributed by atoms with Crippen molar-refractivity contribution in [3.05, 3.63) is 0 Å². The van der Waals surface area contributed by atoms with E-state index in [9.17, 15) is 9.50 Å². The van der Waals surface area contributed by atoms with Crippen LogP contribution in [0, 0.1) is 5.41 Å². The first kappa shape index (κ1) is 17.1. The molecule has 0 bridgehead atoms. The molecular formula is C14H27BN2O3. The van der Waals surface area contributed by atoms with Crippen LogP contribution in [0.3, 0.4) is 0 Å². The molecule has 0 radical (unpaired) electrons. The van der Waals surface area contributed by atoms with E-state index in [1.165, 1.54) is 0 Å². The van der Waals surface area contributed by atoms with Crippen LogP contribution in [-0.2, 0) is 9.44 Å². The number of nitrogens with one attached hydrogen (secondary N) is 1. The molecule has 1 N–H and O–H groups in total. The molecule has 0 aliphatic carbocycles. The Labute approximate surface area is 122 Å². The Morgan fingerprint density at radius 2 is 2.00 bits per heavy atom. The quantitative estimate of drug-likeness (QED) is 0.573. The van der Waals surface area contributed by atoms with Gasteiger partial charge in [0.05, 0.1) is 0 Å². The minimum atomic E-state index is -0.439. The van der Waals surface area contributed by atoms with Gasteiger partial charge < -0.3 is 0 Å². The monoisotopic (exact) mass is 282 g/mol. The molecule has 1 fully saturated rings. The summed E-state index contributed by atoms with van der Waals surface area (Å²) in [7, 11) is 0.875. The summed E-state index contributed by atoms with van der Waals surface area (Å²) in [5.74, 6) is 0. The van der Waals surface area contributed by atoms with E-state index in [1.807, 2.05) is 20.8 Å². The molecule has 0 aromatic rings. The van der Waals surface area contributed by atoms with Crippen LogP contribution in [0.2, 0.25) is 0 Å².